The SMILES string of the molecule is Cc1ccc(NC(=O)CCCNS(=O)(=O)c2ccc(F)cc2F)c(C)c1. The molecule has 0 unspecified atom stereocenters. The van der Waals surface area contributed by atoms with Gasteiger partial charge in [0.2, 0.25) is 15.9 Å². The average Bonchev–Trinajstić information content (AvgIpc) is 2.54. The van der Waals surface area contributed by atoms with Gasteiger partial charge in [-0.3, -0.25) is 4.79 Å². The van der Waals surface area contributed by atoms with Gasteiger partial charge in [-0.1, -0.05) is 17.7 Å². The molecule has 0 saturated heterocycles. The van der Waals surface area contributed by atoms with E-state index in [4.69, 9.17) is 0 Å². The highest BCUT2D eigenvalue weighted by Crippen LogP contribution is 2.17. The second-order valence-electron chi connectivity index (χ2n) is 5.94. The van der Waals surface area contributed by atoms with Gasteiger partial charge in [0.25, 0.3) is 0 Å². The molecule has 5 nitrogen and oxygen atoms in total. The fraction of sp³-hybridized carbons (Fsp3) is 0.278. The van der Waals surface area contributed by atoms with Crippen molar-refractivity contribution in [3.05, 3.63) is 59.2 Å². The quantitative estimate of drug-likeness (QED) is 0.722. The Labute approximate surface area is 151 Å². The molecule has 0 saturated carbocycles. The van der Waals surface area contributed by atoms with Crippen LogP contribution in [0.3, 0.4) is 0 Å². The van der Waals surface area contributed by atoms with Gasteiger partial charge in [-0.2, -0.15) is 0 Å². The maximum atomic E-state index is 13.6. The first-order valence-corrected chi connectivity index (χ1v) is 9.49. The Morgan fingerprint density at radius 1 is 1.08 bits per heavy atom. The molecule has 2 rings (SSSR count). The summed E-state index contributed by atoms with van der Waals surface area (Å²) in [6, 6.07) is 7.87. The zero-order valence-electron chi connectivity index (χ0n) is 14.5. The second kappa shape index (κ2) is 8.37. The van der Waals surface area contributed by atoms with Crippen LogP contribution in [0, 0.1) is 25.5 Å². The Kier molecular flexibility index (Phi) is 6.44. The van der Waals surface area contributed by atoms with Crippen LogP contribution in [0.2, 0.25) is 0 Å². The van der Waals surface area contributed by atoms with E-state index in [9.17, 15) is 22.0 Å². The summed E-state index contributed by atoms with van der Waals surface area (Å²) in [5.74, 6) is -2.27. The van der Waals surface area contributed by atoms with Gasteiger partial charge in [-0.15, -0.1) is 0 Å². The number of hydrogen-bond acceptors (Lipinski definition) is 3. The summed E-state index contributed by atoms with van der Waals surface area (Å²) in [6.45, 7) is 3.79. The third-order valence-corrected chi connectivity index (χ3v) is 5.21. The molecule has 0 aliphatic heterocycles. The van der Waals surface area contributed by atoms with Crippen molar-refractivity contribution in [2.45, 2.75) is 31.6 Å². The summed E-state index contributed by atoms with van der Waals surface area (Å²) in [6.07, 6.45) is 0.334. The minimum atomic E-state index is -4.10. The number of benzene rings is 2. The summed E-state index contributed by atoms with van der Waals surface area (Å²) >= 11 is 0. The molecule has 26 heavy (non-hydrogen) atoms. The van der Waals surface area contributed by atoms with Gasteiger partial charge in [0, 0.05) is 24.7 Å². The van der Waals surface area contributed by atoms with Gasteiger partial charge in [0.15, 0.2) is 0 Å². The van der Waals surface area contributed by atoms with Crippen LogP contribution >= 0.6 is 0 Å². The molecule has 2 N–H and O–H groups in total. The standard InChI is InChI=1S/C18H20F2N2O3S/c1-12-5-7-16(13(2)10-12)22-18(23)4-3-9-21-26(24,25)17-8-6-14(19)11-15(17)20/h5-8,10-11,21H,3-4,9H2,1-2H3,(H,22,23). The first-order valence-electron chi connectivity index (χ1n) is 8.01. The summed E-state index contributed by atoms with van der Waals surface area (Å²) in [7, 11) is -4.10. The molecule has 0 radical (unpaired) electrons. The highest BCUT2D eigenvalue weighted by Gasteiger charge is 2.19. The van der Waals surface area contributed by atoms with E-state index in [1.807, 2.05) is 32.0 Å². The van der Waals surface area contributed by atoms with Crippen LogP contribution in [0.1, 0.15) is 24.0 Å². The lowest BCUT2D eigenvalue weighted by molar-refractivity contribution is -0.116. The lowest BCUT2D eigenvalue weighted by Crippen LogP contribution is -2.26. The number of anilines is 1. The molecule has 0 fully saturated rings. The molecular weight excluding hydrogens is 362 g/mol. The van der Waals surface area contributed by atoms with Crippen molar-refractivity contribution in [1.82, 2.24) is 4.72 Å². The molecule has 2 aromatic carbocycles. The average molecular weight is 382 g/mol. The molecule has 0 atom stereocenters. The number of rotatable bonds is 7. The summed E-state index contributed by atoms with van der Waals surface area (Å²) in [5.41, 5.74) is 2.73. The van der Waals surface area contributed by atoms with E-state index >= 15 is 0 Å². The zero-order chi connectivity index (χ0) is 19.3. The van der Waals surface area contributed by atoms with Gasteiger partial charge < -0.3 is 5.32 Å². The number of carbonyl (C=O) groups excluding carboxylic acids is 1. The van der Waals surface area contributed by atoms with E-state index < -0.39 is 26.6 Å². The molecule has 1 amide bonds. The molecule has 0 spiro atoms. The first-order chi connectivity index (χ1) is 12.2. The number of nitrogens with one attached hydrogen (secondary N) is 2. The topological polar surface area (TPSA) is 75.3 Å². The molecular formula is C18H20F2N2O3S. The highest BCUT2D eigenvalue weighted by atomic mass is 32.2. The van der Waals surface area contributed by atoms with Crippen molar-refractivity contribution < 1.29 is 22.0 Å². The third kappa shape index (κ3) is 5.34. The largest absolute Gasteiger partial charge is 0.326 e. The monoisotopic (exact) mass is 382 g/mol. The lowest BCUT2D eigenvalue weighted by Gasteiger charge is -2.10. The Hall–Kier alpha value is -2.32. The van der Waals surface area contributed by atoms with Crippen LogP contribution in [-0.2, 0) is 14.8 Å². The van der Waals surface area contributed by atoms with E-state index in [1.165, 1.54) is 0 Å². The van der Waals surface area contributed by atoms with Gasteiger partial charge in [0.1, 0.15) is 16.5 Å². The fourth-order valence-electron chi connectivity index (χ4n) is 2.39. The van der Waals surface area contributed by atoms with Crippen LogP contribution in [0.4, 0.5) is 14.5 Å². The molecule has 0 aliphatic carbocycles. The van der Waals surface area contributed by atoms with Gasteiger partial charge >= 0.3 is 0 Å². The van der Waals surface area contributed by atoms with Crippen LogP contribution in [0.5, 0.6) is 0 Å². The maximum Gasteiger partial charge on any atom is 0.243 e. The number of amides is 1. The van der Waals surface area contributed by atoms with E-state index in [2.05, 4.69) is 10.0 Å². The molecule has 140 valence electrons. The maximum absolute atomic E-state index is 13.6. The molecule has 0 aliphatic rings. The normalized spacial score (nSPS) is 11.4. The van der Waals surface area contributed by atoms with E-state index in [-0.39, 0.29) is 25.3 Å². The number of hydrogen-bond donors (Lipinski definition) is 2. The fourth-order valence-corrected chi connectivity index (χ4v) is 3.52. The van der Waals surface area contributed by atoms with E-state index in [0.717, 1.165) is 23.3 Å². The Morgan fingerprint density at radius 3 is 2.46 bits per heavy atom. The summed E-state index contributed by atoms with van der Waals surface area (Å²) < 4.78 is 52.6. The van der Waals surface area contributed by atoms with Gasteiger partial charge in [-0.25, -0.2) is 21.9 Å². The van der Waals surface area contributed by atoms with Crippen molar-refractivity contribution in [1.29, 1.82) is 0 Å². The van der Waals surface area contributed by atoms with Crippen LogP contribution in [0.15, 0.2) is 41.3 Å². The zero-order valence-corrected chi connectivity index (χ0v) is 15.3. The smallest absolute Gasteiger partial charge is 0.243 e. The lowest BCUT2D eigenvalue weighted by atomic mass is 10.1. The number of halogens is 2. The number of carbonyl (C=O) groups is 1. The molecule has 2 aromatic rings. The summed E-state index contributed by atoms with van der Waals surface area (Å²) in [5, 5.41) is 2.76. The highest BCUT2D eigenvalue weighted by molar-refractivity contribution is 7.89. The van der Waals surface area contributed by atoms with Crippen molar-refractivity contribution in [3.8, 4) is 0 Å². The van der Waals surface area contributed by atoms with E-state index in [0.29, 0.717) is 11.8 Å². The minimum absolute atomic E-state index is 0.0422. The molecule has 0 bridgehead atoms. The Morgan fingerprint density at radius 2 is 1.81 bits per heavy atom. The van der Waals surface area contributed by atoms with Crippen LogP contribution in [0.25, 0.3) is 0 Å². The number of aryl methyl sites for hydroxylation is 2. The first kappa shape index (κ1) is 20.0. The van der Waals surface area contributed by atoms with Gasteiger partial charge in [0.05, 0.1) is 0 Å². The second-order valence-corrected chi connectivity index (χ2v) is 7.68. The predicted octanol–water partition coefficient (Wildman–Crippen LogP) is 3.28. The van der Waals surface area contributed by atoms with Crippen LogP contribution in [-0.4, -0.2) is 20.9 Å². The van der Waals surface area contributed by atoms with Crippen LogP contribution < -0.4 is 10.0 Å². The summed E-state index contributed by atoms with van der Waals surface area (Å²) in [4.78, 5) is 11.3. The molecule has 0 heterocycles. The third-order valence-electron chi connectivity index (χ3n) is 3.71. The number of sulfonamides is 1. The minimum Gasteiger partial charge on any atom is -0.326 e. The Bertz CT molecular complexity index is 915. The van der Waals surface area contributed by atoms with Crippen molar-refractivity contribution in [2.75, 3.05) is 11.9 Å². The van der Waals surface area contributed by atoms with Crippen molar-refractivity contribution >= 4 is 21.6 Å². The Balaban J connectivity index is 1.84. The molecule has 0 aromatic heterocycles. The van der Waals surface area contributed by atoms with Gasteiger partial charge in [-0.05, 0) is 44.0 Å². The van der Waals surface area contributed by atoms with Crippen molar-refractivity contribution in [3.63, 3.8) is 0 Å². The van der Waals surface area contributed by atoms with E-state index in [1.54, 1.807) is 0 Å². The van der Waals surface area contributed by atoms with Crippen molar-refractivity contribution in [2.24, 2.45) is 0 Å². The molecule has 8 heteroatoms. The predicted molar refractivity (Wildman–Crippen MR) is 95.3 cm³/mol.